The highest BCUT2D eigenvalue weighted by Gasteiger charge is 2.56. The van der Waals surface area contributed by atoms with Crippen LogP contribution in [0.15, 0.2) is 11.6 Å². The van der Waals surface area contributed by atoms with Crippen LogP contribution in [0.5, 0.6) is 0 Å². The molecule has 0 aromatic carbocycles. The van der Waals surface area contributed by atoms with Gasteiger partial charge in [-0.1, -0.05) is 31.4 Å². The molecule has 1 nitrogen and oxygen atoms in total. The molecule has 0 bridgehead atoms. The molecule has 1 heteroatoms. The second kappa shape index (κ2) is 4.21. The van der Waals surface area contributed by atoms with Crippen LogP contribution in [0.25, 0.3) is 0 Å². The Bertz CT molecular complexity index is 476. The summed E-state index contributed by atoms with van der Waals surface area (Å²) in [4.78, 5) is 12.3. The summed E-state index contributed by atoms with van der Waals surface area (Å²) in [5.74, 6) is 3.08. The predicted octanol–water partition coefficient (Wildman–Crippen LogP) is 4.91. The molecule has 0 aromatic rings. The number of hydrogen-bond donors (Lipinski definition) is 0. The average molecular weight is 272 g/mol. The Kier molecular flexibility index (Phi) is 2.76. The Morgan fingerprint density at radius 2 is 1.90 bits per heavy atom. The largest absolute Gasteiger partial charge is 0.298 e. The highest BCUT2D eigenvalue weighted by molar-refractivity contribution is 5.92. The van der Waals surface area contributed by atoms with Gasteiger partial charge in [-0.15, -0.1) is 0 Å². The summed E-state index contributed by atoms with van der Waals surface area (Å²) in [6.45, 7) is 4.83. The number of fused-ring (bicyclic) bond motifs is 5. The quantitative estimate of drug-likeness (QED) is 0.573. The standard InChI is InChI=1S/C19H28O/c1-18-11-4-3-5-13(18)6-7-14-15-8-9-17(20)19(15,2)12-10-16(14)18/h8,13-14,16H,3-7,9-12H2,1-2H3/t13-,14+,16-,18+,19+/m1/s1. The highest BCUT2D eigenvalue weighted by Crippen LogP contribution is 2.64. The Labute approximate surface area is 123 Å². The van der Waals surface area contributed by atoms with Gasteiger partial charge in [-0.2, -0.15) is 0 Å². The van der Waals surface area contributed by atoms with Crippen molar-refractivity contribution in [3.05, 3.63) is 11.6 Å². The van der Waals surface area contributed by atoms with E-state index in [9.17, 15) is 4.79 Å². The lowest BCUT2D eigenvalue weighted by Crippen LogP contribution is -2.50. The summed E-state index contributed by atoms with van der Waals surface area (Å²) in [7, 11) is 0. The van der Waals surface area contributed by atoms with E-state index in [1.54, 1.807) is 5.57 Å². The maximum atomic E-state index is 12.3. The molecule has 0 aromatic heterocycles. The molecule has 20 heavy (non-hydrogen) atoms. The zero-order chi connectivity index (χ0) is 14.0. The molecule has 0 heterocycles. The molecule has 0 saturated heterocycles. The smallest absolute Gasteiger partial charge is 0.146 e. The van der Waals surface area contributed by atoms with E-state index in [0.29, 0.717) is 11.2 Å². The molecule has 0 spiro atoms. The van der Waals surface area contributed by atoms with Gasteiger partial charge in [-0.3, -0.25) is 4.79 Å². The predicted molar refractivity (Wildman–Crippen MR) is 81.3 cm³/mol. The number of allylic oxidation sites excluding steroid dienone is 2. The molecule has 5 atom stereocenters. The van der Waals surface area contributed by atoms with Crippen LogP contribution in [-0.2, 0) is 4.79 Å². The molecule has 4 rings (SSSR count). The van der Waals surface area contributed by atoms with E-state index < -0.39 is 0 Å². The lowest BCUT2D eigenvalue weighted by atomic mass is 9.46. The molecule has 3 saturated carbocycles. The number of Topliss-reactive ketones (excluding diaryl/α,β-unsaturated/α-hetero) is 1. The van der Waals surface area contributed by atoms with E-state index in [0.717, 1.165) is 30.6 Å². The molecular weight excluding hydrogens is 244 g/mol. The fourth-order valence-electron chi connectivity index (χ4n) is 6.44. The van der Waals surface area contributed by atoms with Crippen LogP contribution in [-0.4, -0.2) is 5.78 Å². The number of rotatable bonds is 0. The lowest BCUT2D eigenvalue weighted by Gasteiger charge is -2.58. The fraction of sp³-hybridized carbons (Fsp3) is 0.842. The van der Waals surface area contributed by atoms with Crippen LogP contribution in [0.4, 0.5) is 0 Å². The first-order valence-corrected chi connectivity index (χ1v) is 8.79. The van der Waals surface area contributed by atoms with Gasteiger partial charge in [0.1, 0.15) is 5.78 Å². The minimum atomic E-state index is -0.0704. The van der Waals surface area contributed by atoms with E-state index in [1.807, 2.05) is 0 Å². The van der Waals surface area contributed by atoms with Crippen molar-refractivity contribution >= 4 is 5.78 Å². The van der Waals surface area contributed by atoms with Gasteiger partial charge in [-0.05, 0) is 68.6 Å². The minimum Gasteiger partial charge on any atom is -0.298 e. The molecule has 0 aliphatic heterocycles. The number of carbonyl (C=O) groups is 1. The fourth-order valence-corrected chi connectivity index (χ4v) is 6.44. The van der Waals surface area contributed by atoms with Crippen LogP contribution in [0.3, 0.4) is 0 Å². The third-order valence-electron chi connectivity index (χ3n) is 7.72. The molecule has 0 amide bonds. The van der Waals surface area contributed by atoms with E-state index in [4.69, 9.17) is 0 Å². The zero-order valence-corrected chi connectivity index (χ0v) is 13.1. The van der Waals surface area contributed by atoms with Crippen LogP contribution < -0.4 is 0 Å². The van der Waals surface area contributed by atoms with Crippen molar-refractivity contribution in [2.24, 2.45) is 28.6 Å². The van der Waals surface area contributed by atoms with Gasteiger partial charge < -0.3 is 0 Å². The van der Waals surface area contributed by atoms with Crippen molar-refractivity contribution in [1.29, 1.82) is 0 Å². The molecule has 0 unspecified atom stereocenters. The average Bonchev–Trinajstić information content (AvgIpc) is 2.74. The highest BCUT2D eigenvalue weighted by atomic mass is 16.1. The summed E-state index contributed by atoms with van der Waals surface area (Å²) in [6.07, 6.45) is 14.0. The van der Waals surface area contributed by atoms with Crippen LogP contribution in [0.1, 0.15) is 71.6 Å². The normalized spacial score (nSPS) is 51.0. The van der Waals surface area contributed by atoms with Crippen molar-refractivity contribution in [3.8, 4) is 0 Å². The SMILES string of the molecule is C[C@]12CC[C@@H]3[C@@H](CC[C@H]4CCCC[C@@]43C)C1=CCC2=O. The summed E-state index contributed by atoms with van der Waals surface area (Å²) < 4.78 is 0. The first-order valence-electron chi connectivity index (χ1n) is 8.79. The van der Waals surface area contributed by atoms with Crippen molar-refractivity contribution in [3.63, 3.8) is 0 Å². The van der Waals surface area contributed by atoms with Gasteiger partial charge in [-0.25, -0.2) is 0 Å². The van der Waals surface area contributed by atoms with E-state index in [2.05, 4.69) is 19.9 Å². The van der Waals surface area contributed by atoms with E-state index in [1.165, 1.54) is 44.9 Å². The molecule has 0 radical (unpaired) electrons. The summed E-state index contributed by atoms with van der Waals surface area (Å²) in [5, 5.41) is 0. The summed E-state index contributed by atoms with van der Waals surface area (Å²) >= 11 is 0. The van der Waals surface area contributed by atoms with Crippen molar-refractivity contribution in [1.82, 2.24) is 0 Å². The molecule has 4 aliphatic carbocycles. The second-order valence-corrected chi connectivity index (χ2v) is 8.40. The summed E-state index contributed by atoms with van der Waals surface area (Å²) in [5.41, 5.74) is 2.07. The van der Waals surface area contributed by atoms with Gasteiger partial charge in [0, 0.05) is 11.8 Å². The monoisotopic (exact) mass is 272 g/mol. The van der Waals surface area contributed by atoms with Crippen LogP contribution in [0.2, 0.25) is 0 Å². The Hall–Kier alpha value is -0.590. The first-order chi connectivity index (χ1) is 9.56. The van der Waals surface area contributed by atoms with Gasteiger partial charge in [0.05, 0.1) is 0 Å². The van der Waals surface area contributed by atoms with Crippen molar-refractivity contribution < 1.29 is 4.79 Å². The van der Waals surface area contributed by atoms with E-state index >= 15 is 0 Å². The van der Waals surface area contributed by atoms with Crippen LogP contribution in [0, 0.1) is 28.6 Å². The topological polar surface area (TPSA) is 17.1 Å². The number of ketones is 1. The summed E-state index contributed by atoms with van der Waals surface area (Å²) in [6, 6.07) is 0. The zero-order valence-electron chi connectivity index (χ0n) is 13.1. The van der Waals surface area contributed by atoms with Gasteiger partial charge in [0.15, 0.2) is 0 Å². The molecular formula is C19H28O. The lowest BCUT2D eigenvalue weighted by molar-refractivity contribution is -0.127. The van der Waals surface area contributed by atoms with Crippen LogP contribution >= 0.6 is 0 Å². The number of hydrogen-bond acceptors (Lipinski definition) is 1. The third-order valence-corrected chi connectivity index (χ3v) is 7.72. The molecule has 0 N–H and O–H groups in total. The Balaban J connectivity index is 1.70. The molecule has 110 valence electrons. The molecule has 4 aliphatic rings. The molecule has 3 fully saturated rings. The van der Waals surface area contributed by atoms with Gasteiger partial charge in [0.25, 0.3) is 0 Å². The van der Waals surface area contributed by atoms with Crippen molar-refractivity contribution in [2.75, 3.05) is 0 Å². The second-order valence-electron chi connectivity index (χ2n) is 8.40. The number of carbonyl (C=O) groups excluding carboxylic acids is 1. The Morgan fingerprint density at radius 3 is 2.75 bits per heavy atom. The Morgan fingerprint density at radius 1 is 1.05 bits per heavy atom. The van der Waals surface area contributed by atoms with Crippen molar-refractivity contribution in [2.45, 2.75) is 71.6 Å². The van der Waals surface area contributed by atoms with Gasteiger partial charge >= 0.3 is 0 Å². The van der Waals surface area contributed by atoms with Gasteiger partial charge in [0.2, 0.25) is 0 Å². The third kappa shape index (κ3) is 1.53. The first kappa shape index (κ1) is 13.1. The maximum absolute atomic E-state index is 12.3. The van der Waals surface area contributed by atoms with E-state index in [-0.39, 0.29) is 5.41 Å². The minimum absolute atomic E-state index is 0.0704. The maximum Gasteiger partial charge on any atom is 0.146 e.